The SMILES string of the molecule is CC(C)OC(=O)Cn1nc(-c2cccs2)c(C=O)c1N. The summed E-state index contributed by atoms with van der Waals surface area (Å²) < 4.78 is 6.34. The van der Waals surface area contributed by atoms with E-state index in [4.69, 9.17) is 10.5 Å². The fourth-order valence-electron chi connectivity index (χ4n) is 1.74. The molecule has 0 aromatic carbocycles. The Labute approximate surface area is 120 Å². The van der Waals surface area contributed by atoms with Crippen molar-refractivity contribution < 1.29 is 14.3 Å². The Hall–Kier alpha value is -2.15. The molecular formula is C13H15N3O3S. The third kappa shape index (κ3) is 2.88. The van der Waals surface area contributed by atoms with Crippen LogP contribution in [0.15, 0.2) is 17.5 Å². The lowest BCUT2D eigenvalue weighted by atomic mass is 10.2. The molecule has 0 saturated carbocycles. The average molecular weight is 293 g/mol. The summed E-state index contributed by atoms with van der Waals surface area (Å²) in [6.45, 7) is 3.41. The maximum Gasteiger partial charge on any atom is 0.328 e. The smallest absolute Gasteiger partial charge is 0.328 e. The van der Waals surface area contributed by atoms with Crippen molar-refractivity contribution in [2.75, 3.05) is 5.73 Å². The number of ether oxygens (including phenoxy) is 1. The summed E-state index contributed by atoms with van der Waals surface area (Å²) >= 11 is 1.45. The van der Waals surface area contributed by atoms with Crippen molar-refractivity contribution in [1.82, 2.24) is 9.78 Å². The van der Waals surface area contributed by atoms with Gasteiger partial charge in [0.15, 0.2) is 6.29 Å². The van der Waals surface area contributed by atoms with Gasteiger partial charge in [0.2, 0.25) is 0 Å². The fourth-order valence-corrected chi connectivity index (χ4v) is 2.47. The molecule has 2 heterocycles. The van der Waals surface area contributed by atoms with Crippen LogP contribution in [0.5, 0.6) is 0 Å². The molecule has 0 radical (unpaired) electrons. The van der Waals surface area contributed by atoms with Crippen molar-refractivity contribution in [3.8, 4) is 10.6 Å². The Kier molecular flexibility index (Phi) is 4.19. The molecule has 0 amide bonds. The Morgan fingerprint density at radius 1 is 1.60 bits per heavy atom. The largest absolute Gasteiger partial charge is 0.462 e. The number of rotatable bonds is 5. The van der Waals surface area contributed by atoms with Crippen molar-refractivity contribution in [1.29, 1.82) is 0 Å². The lowest BCUT2D eigenvalue weighted by molar-refractivity contribution is -0.148. The van der Waals surface area contributed by atoms with Gasteiger partial charge in [-0.3, -0.25) is 9.59 Å². The molecule has 0 unspecified atom stereocenters. The molecule has 0 aliphatic heterocycles. The van der Waals surface area contributed by atoms with E-state index in [-0.39, 0.29) is 18.5 Å². The van der Waals surface area contributed by atoms with E-state index in [1.165, 1.54) is 16.0 Å². The molecular weight excluding hydrogens is 278 g/mol. The first-order valence-corrected chi connectivity index (χ1v) is 6.95. The fraction of sp³-hybridized carbons (Fsp3) is 0.308. The predicted molar refractivity (Wildman–Crippen MR) is 76.6 cm³/mol. The number of hydrogen-bond acceptors (Lipinski definition) is 6. The molecule has 0 aliphatic rings. The number of hydrogen-bond donors (Lipinski definition) is 1. The molecule has 2 N–H and O–H groups in total. The van der Waals surface area contributed by atoms with Gasteiger partial charge >= 0.3 is 5.97 Å². The lowest BCUT2D eigenvalue weighted by Gasteiger charge is -2.08. The van der Waals surface area contributed by atoms with Crippen LogP contribution in [0, 0.1) is 0 Å². The van der Waals surface area contributed by atoms with Gasteiger partial charge in [0.25, 0.3) is 0 Å². The van der Waals surface area contributed by atoms with Gasteiger partial charge in [0.05, 0.1) is 16.5 Å². The van der Waals surface area contributed by atoms with E-state index in [2.05, 4.69) is 5.10 Å². The van der Waals surface area contributed by atoms with Crippen LogP contribution < -0.4 is 5.73 Å². The number of nitrogens with two attached hydrogens (primary N) is 1. The number of aldehydes is 1. The van der Waals surface area contributed by atoms with Crippen LogP contribution in [0.25, 0.3) is 10.6 Å². The van der Waals surface area contributed by atoms with E-state index in [0.717, 1.165) is 4.88 Å². The Morgan fingerprint density at radius 2 is 2.35 bits per heavy atom. The summed E-state index contributed by atoms with van der Waals surface area (Å²) in [5.74, 6) is -0.270. The van der Waals surface area contributed by atoms with E-state index in [1.807, 2.05) is 17.5 Å². The van der Waals surface area contributed by atoms with Crippen molar-refractivity contribution >= 4 is 29.4 Å². The number of nitrogen functional groups attached to an aromatic ring is 1. The molecule has 0 aliphatic carbocycles. The molecule has 7 heteroatoms. The molecule has 0 spiro atoms. The van der Waals surface area contributed by atoms with Gasteiger partial charge in [-0.2, -0.15) is 5.10 Å². The zero-order chi connectivity index (χ0) is 14.7. The third-order valence-corrected chi connectivity index (χ3v) is 3.42. The Balaban J connectivity index is 2.31. The second-order valence-corrected chi connectivity index (χ2v) is 5.39. The van der Waals surface area contributed by atoms with Gasteiger partial charge < -0.3 is 10.5 Å². The minimum absolute atomic E-state index is 0.115. The van der Waals surface area contributed by atoms with Crippen LogP contribution in [0.1, 0.15) is 24.2 Å². The summed E-state index contributed by atoms with van der Waals surface area (Å²) in [6, 6.07) is 3.70. The molecule has 20 heavy (non-hydrogen) atoms. The van der Waals surface area contributed by atoms with E-state index in [9.17, 15) is 9.59 Å². The molecule has 0 bridgehead atoms. The number of nitrogens with zero attached hydrogens (tertiary/aromatic N) is 2. The molecule has 2 aromatic heterocycles. The highest BCUT2D eigenvalue weighted by Crippen LogP contribution is 2.29. The van der Waals surface area contributed by atoms with Gasteiger partial charge in [0, 0.05) is 0 Å². The third-order valence-electron chi connectivity index (χ3n) is 2.55. The highest BCUT2D eigenvalue weighted by atomic mass is 32.1. The molecule has 2 aromatic rings. The quantitative estimate of drug-likeness (QED) is 0.672. The van der Waals surface area contributed by atoms with E-state index in [0.29, 0.717) is 17.5 Å². The highest BCUT2D eigenvalue weighted by molar-refractivity contribution is 7.13. The molecule has 0 atom stereocenters. The van der Waals surface area contributed by atoms with E-state index >= 15 is 0 Å². The molecule has 6 nitrogen and oxygen atoms in total. The van der Waals surface area contributed by atoms with Crippen LogP contribution in [-0.2, 0) is 16.1 Å². The topological polar surface area (TPSA) is 87.2 Å². The van der Waals surface area contributed by atoms with Gasteiger partial charge in [0.1, 0.15) is 18.1 Å². The zero-order valence-electron chi connectivity index (χ0n) is 11.2. The number of anilines is 1. The zero-order valence-corrected chi connectivity index (χ0v) is 12.0. The Morgan fingerprint density at radius 3 is 2.90 bits per heavy atom. The lowest BCUT2D eigenvalue weighted by Crippen LogP contribution is -2.19. The standard InChI is InChI=1S/C13H15N3O3S/c1-8(2)19-11(18)6-16-13(14)9(7-17)12(15-16)10-4-3-5-20-10/h3-5,7-8H,6,14H2,1-2H3. The summed E-state index contributed by atoms with van der Waals surface area (Å²) in [4.78, 5) is 23.7. The summed E-state index contributed by atoms with van der Waals surface area (Å²) in [5, 5.41) is 6.12. The van der Waals surface area contributed by atoms with Crippen LogP contribution in [0.3, 0.4) is 0 Å². The minimum atomic E-state index is -0.440. The minimum Gasteiger partial charge on any atom is -0.462 e. The molecule has 2 rings (SSSR count). The van der Waals surface area contributed by atoms with Gasteiger partial charge in [-0.15, -0.1) is 11.3 Å². The predicted octanol–water partition coefficient (Wildman–Crippen LogP) is 1.96. The first-order valence-electron chi connectivity index (χ1n) is 6.07. The monoisotopic (exact) mass is 293 g/mol. The van der Waals surface area contributed by atoms with Gasteiger partial charge in [-0.25, -0.2) is 4.68 Å². The second-order valence-electron chi connectivity index (χ2n) is 4.44. The number of aromatic nitrogens is 2. The van der Waals surface area contributed by atoms with Crippen LogP contribution in [-0.4, -0.2) is 28.1 Å². The Bertz CT molecular complexity index is 617. The van der Waals surface area contributed by atoms with Gasteiger partial charge in [-0.05, 0) is 25.3 Å². The number of thiophene rings is 1. The average Bonchev–Trinajstić information content (AvgIpc) is 2.97. The number of esters is 1. The first-order chi connectivity index (χ1) is 9.52. The van der Waals surface area contributed by atoms with Crippen molar-refractivity contribution in [2.24, 2.45) is 0 Å². The highest BCUT2D eigenvalue weighted by Gasteiger charge is 2.19. The van der Waals surface area contributed by atoms with Crippen molar-refractivity contribution in [2.45, 2.75) is 26.5 Å². The van der Waals surface area contributed by atoms with Crippen LogP contribution in [0.4, 0.5) is 5.82 Å². The van der Waals surface area contributed by atoms with E-state index in [1.54, 1.807) is 13.8 Å². The summed E-state index contributed by atoms with van der Waals surface area (Å²) in [6.07, 6.45) is 0.448. The van der Waals surface area contributed by atoms with Gasteiger partial charge in [-0.1, -0.05) is 6.07 Å². The number of carbonyl (C=O) groups excluding carboxylic acids is 2. The van der Waals surface area contributed by atoms with Crippen molar-refractivity contribution in [3.05, 3.63) is 23.1 Å². The molecule has 0 saturated heterocycles. The van der Waals surface area contributed by atoms with E-state index < -0.39 is 5.97 Å². The number of carbonyl (C=O) groups is 2. The first kappa shape index (κ1) is 14.3. The normalized spacial score (nSPS) is 10.8. The molecule has 0 fully saturated rings. The van der Waals surface area contributed by atoms with Crippen molar-refractivity contribution in [3.63, 3.8) is 0 Å². The van der Waals surface area contributed by atoms with Crippen LogP contribution >= 0.6 is 11.3 Å². The maximum absolute atomic E-state index is 11.6. The summed E-state index contributed by atoms with van der Waals surface area (Å²) in [7, 11) is 0. The maximum atomic E-state index is 11.6. The summed E-state index contributed by atoms with van der Waals surface area (Å²) in [5.41, 5.74) is 6.65. The van der Waals surface area contributed by atoms with Crippen LogP contribution in [0.2, 0.25) is 0 Å². The molecule has 106 valence electrons. The second kappa shape index (κ2) is 5.87.